The molecule has 4 aliphatic rings. The van der Waals surface area contributed by atoms with Crippen LogP contribution in [-0.4, -0.2) is 104 Å². The Kier molecular flexibility index (Phi) is 12.0. The van der Waals surface area contributed by atoms with Crippen molar-refractivity contribution in [2.45, 2.75) is 127 Å². The maximum Gasteiger partial charge on any atom is 0.408 e. The molecule has 15 nitrogen and oxygen atoms in total. The molecule has 1 saturated heterocycles. The first-order valence-electron chi connectivity index (χ1n) is 20.4. The molecule has 2 aromatic rings. The van der Waals surface area contributed by atoms with Gasteiger partial charge in [0.1, 0.15) is 35.1 Å². The number of nitrogens with one attached hydrogen (secondary N) is 3. The van der Waals surface area contributed by atoms with Crippen molar-refractivity contribution in [2.75, 3.05) is 32.6 Å². The summed E-state index contributed by atoms with van der Waals surface area (Å²) < 4.78 is 45.6. The SMILES string of the molecule is CC[C@@H]1C[C@@H](C)CC/C=C\C2C[C@@]2(C(=O)NS(=O)(=O)C2(C)CC2)NC(=O)[C@@H]2C[C@@H](Oc3ncc(OC)c4cc(N(C)C)ccc34)CN2C(=O)[C@H]1NC(=O)OC(C)(C)C. The number of aromatic nitrogens is 1. The van der Waals surface area contributed by atoms with Crippen molar-refractivity contribution in [1.29, 1.82) is 0 Å². The molecule has 1 aromatic heterocycles. The molecule has 0 bridgehead atoms. The Morgan fingerprint density at radius 1 is 1.12 bits per heavy atom. The number of hydrogen-bond donors (Lipinski definition) is 3. The lowest BCUT2D eigenvalue weighted by Gasteiger charge is -2.34. The number of pyridine rings is 1. The average Bonchev–Trinajstić information content (AvgIpc) is 4.03. The molecule has 3 heterocycles. The maximum absolute atomic E-state index is 15.0. The summed E-state index contributed by atoms with van der Waals surface area (Å²) in [5, 5.41) is 7.23. The van der Waals surface area contributed by atoms with E-state index in [0.717, 1.165) is 17.5 Å². The van der Waals surface area contributed by atoms with Crippen LogP contribution in [0.25, 0.3) is 10.8 Å². The molecule has 16 heteroatoms. The second-order valence-electron chi connectivity index (χ2n) is 18.0. The Bertz CT molecular complexity index is 2060. The highest BCUT2D eigenvalue weighted by Gasteiger charge is 2.63. The molecule has 0 spiro atoms. The van der Waals surface area contributed by atoms with E-state index >= 15 is 4.79 Å². The van der Waals surface area contributed by atoms with E-state index in [4.69, 9.17) is 14.2 Å². The smallest absolute Gasteiger partial charge is 0.408 e. The van der Waals surface area contributed by atoms with E-state index in [2.05, 4.69) is 27.3 Å². The van der Waals surface area contributed by atoms with Gasteiger partial charge in [-0.25, -0.2) is 18.2 Å². The minimum absolute atomic E-state index is 0.0312. The molecule has 1 aromatic carbocycles. The van der Waals surface area contributed by atoms with Crippen LogP contribution in [0, 0.1) is 17.8 Å². The quantitative estimate of drug-likeness (QED) is 0.295. The average molecular weight is 825 g/mol. The molecule has 2 aliphatic carbocycles. The number of carbonyl (C=O) groups excluding carboxylic acids is 4. The van der Waals surface area contributed by atoms with E-state index in [1.54, 1.807) is 41.0 Å². The van der Waals surface area contributed by atoms with Gasteiger partial charge in [0, 0.05) is 42.9 Å². The fraction of sp³-hybridized carbons (Fsp3) is 0.643. The summed E-state index contributed by atoms with van der Waals surface area (Å²) in [7, 11) is 1.42. The number of hydrogen-bond acceptors (Lipinski definition) is 11. The number of sulfonamides is 1. The third-order valence-electron chi connectivity index (χ3n) is 12.1. The maximum atomic E-state index is 15.0. The van der Waals surface area contributed by atoms with Gasteiger partial charge in [-0.15, -0.1) is 0 Å². The zero-order valence-electron chi connectivity index (χ0n) is 35.2. The monoisotopic (exact) mass is 824 g/mol. The molecule has 3 N–H and O–H groups in total. The highest BCUT2D eigenvalue weighted by Crippen LogP contribution is 2.48. The highest BCUT2D eigenvalue weighted by atomic mass is 32.2. The number of rotatable bonds is 9. The Morgan fingerprint density at radius 3 is 2.48 bits per heavy atom. The summed E-state index contributed by atoms with van der Waals surface area (Å²) in [6.45, 7) is 10.9. The van der Waals surface area contributed by atoms with E-state index in [9.17, 15) is 22.8 Å². The minimum Gasteiger partial charge on any atom is -0.494 e. The van der Waals surface area contributed by atoms with Crippen LogP contribution in [0.4, 0.5) is 10.5 Å². The van der Waals surface area contributed by atoms with Gasteiger partial charge in [0.05, 0.1) is 24.6 Å². The van der Waals surface area contributed by atoms with Gasteiger partial charge >= 0.3 is 6.09 Å². The minimum atomic E-state index is -4.01. The Morgan fingerprint density at radius 2 is 1.84 bits per heavy atom. The lowest BCUT2D eigenvalue weighted by molar-refractivity contribution is -0.142. The fourth-order valence-corrected chi connectivity index (χ4v) is 9.43. The van der Waals surface area contributed by atoms with Crippen molar-refractivity contribution < 1.29 is 41.8 Å². The largest absolute Gasteiger partial charge is 0.494 e. The summed E-state index contributed by atoms with van der Waals surface area (Å²) in [4.78, 5) is 65.0. The second kappa shape index (κ2) is 16.2. The van der Waals surface area contributed by atoms with Gasteiger partial charge in [0.2, 0.25) is 27.7 Å². The first-order chi connectivity index (χ1) is 27.2. The van der Waals surface area contributed by atoms with Crippen LogP contribution in [-0.2, 0) is 29.1 Å². The van der Waals surface area contributed by atoms with Crippen molar-refractivity contribution in [1.82, 2.24) is 25.2 Å². The third-order valence-corrected chi connectivity index (χ3v) is 14.3. The number of amides is 4. The molecule has 2 saturated carbocycles. The van der Waals surface area contributed by atoms with E-state index in [-0.39, 0.29) is 37.1 Å². The van der Waals surface area contributed by atoms with E-state index in [1.807, 2.05) is 56.3 Å². The van der Waals surface area contributed by atoms with Crippen LogP contribution in [0.2, 0.25) is 0 Å². The number of alkyl carbamates (subject to hydrolysis) is 1. The van der Waals surface area contributed by atoms with Gasteiger partial charge in [0.25, 0.3) is 5.91 Å². The van der Waals surface area contributed by atoms with Crippen LogP contribution >= 0.6 is 0 Å². The van der Waals surface area contributed by atoms with Crippen LogP contribution in [0.1, 0.15) is 92.9 Å². The number of anilines is 1. The molecule has 6 rings (SSSR count). The standard InChI is InChI=1S/C42H60N6O9S/c1-10-26-19-25(2)13-11-12-14-27-22-42(27,38(51)46-58(53,54)41(6)17-18-41)45-35(49)32-21-29(24-48(32)37(50)34(26)44-39(52)57-40(3,4)5)56-36-30-16-15-28(47(7)8)20-31(30)33(55-9)23-43-36/h12,14-16,20,23,25-27,29,32,34H,10-11,13,17-19,21-22,24H2,1-9H3,(H,44,52)(H,45,49)(H,46,51)/b14-12-/t25-,26+,27?,29+,32-,34-,42+/m0/s1. The van der Waals surface area contributed by atoms with Gasteiger partial charge in [-0.3, -0.25) is 19.1 Å². The summed E-state index contributed by atoms with van der Waals surface area (Å²) >= 11 is 0. The van der Waals surface area contributed by atoms with Gasteiger partial charge in [-0.2, -0.15) is 0 Å². The number of allylic oxidation sites excluding steroid dienone is 1. The molecule has 4 amide bonds. The topological polar surface area (TPSA) is 186 Å². The number of ether oxygens (including phenoxy) is 3. The number of benzene rings is 1. The van der Waals surface area contributed by atoms with Gasteiger partial charge in [-0.05, 0) is 96.3 Å². The lowest BCUT2D eigenvalue weighted by atomic mass is 9.85. The number of carbonyl (C=O) groups is 4. The van der Waals surface area contributed by atoms with Crippen molar-refractivity contribution in [3.8, 4) is 11.6 Å². The summed E-state index contributed by atoms with van der Waals surface area (Å²) in [5.41, 5.74) is -1.43. The highest BCUT2D eigenvalue weighted by molar-refractivity contribution is 7.91. The van der Waals surface area contributed by atoms with E-state index in [0.29, 0.717) is 43.2 Å². The van der Waals surface area contributed by atoms with Crippen LogP contribution in [0.5, 0.6) is 11.6 Å². The predicted octanol–water partition coefficient (Wildman–Crippen LogP) is 4.83. The van der Waals surface area contributed by atoms with Gasteiger partial charge in [-0.1, -0.05) is 32.4 Å². The van der Waals surface area contributed by atoms with Gasteiger partial charge in [0.15, 0.2) is 0 Å². The number of fused-ring (bicyclic) bond motifs is 3. The zero-order valence-corrected chi connectivity index (χ0v) is 36.0. The molecule has 7 atom stereocenters. The Balaban J connectivity index is 1.38. The molecule has 1 unspecified atom stereocenters. The second-order valence-corrected chi connectivity index (χ2v) is 20.2. The van der Waals surface area contributed by atoms with Crippen LogP contribution in [0.3, 0.4) is 0 Å². The molecule has 3 fully saturated rings. The zero-order chi connectivity index (χ0) is 42.4. The van der Waals surface area contributed by atoms with Crippen molar-refractivity contribution in [2.24, 2.45) is 17.8 Å². The van der Waals surface area contributed by atoms with Crippen molar-refractivity contribution in [3.63, 3.8) is 0 Å². The van der Waals surface area contributed by atoms with Crippen molar-refractivity contribution >= 4 is 50.3 Å². The first-order valence-corrected chi connectivity index (χ1v) is 21.9. The Labute approximate surface area is 342 Å². The molecule has 58 heavy (non-hydrogen) atoms. The summed E-state index contributed by atoms with van der Waals surface area (Å²) in [6.07, 6.45) is 7.66. The molecule has 0 radical (unpaired) electrons. The molecular formula is C42H60N6O9S. The van der Waals surface area contributed by atoms with Crippen LogP contribution in [0.15, 0.2) is 36.5 Å². The molecular weight excluding hydrogens is 765 g/mol. The fourth-order valence-electron chi connectivity index (χ4n) is 8.12. The molecule has 318 valence electrons. The summed E-state index contributed by atoms with van der Waals surface area (Å²) in [5.74, 6) is -1.68. The van der Waals surface area contributed by atoms with Crippen LogP contribution < -0.4 is 29.7 Å². The normalized spacial score (nSPS) is 29.1. The lowest BCUT2D eigenvalue weighted by Crippen LogP contribution is -2.59. The first kappa shape index (κ1) is 43.0. The van der Waals surface area contributed by atoms with E-state index in [1.165, 1.54) is 4.90 Å². The Hall–Kier alpha value is -4.60. The predicted molar refractivity (Wildman–Crippen MR) is 220 cm³/mol. The van der Waals surface area contributed by atoms with Gasteiger partial charge < -0.3 is 34.6 Å². The summed E-state index contributed by atoms with van der Waals surface area (Å²) in [6, 6.07) is 3.59. The number of methoxy groups -OCH3 is 1. The number of nitrogens with zero attached hydrogens (tertiary/aromatic N) is 3. The third kappa shape index (κ3) is 9.01. The van der Waals surface area contributed by atoms with E-state index < -0.39 is 73.8 Å². The van der Waals surface area contributed by atoms with Crippen molar-refractivity contribution in [3.05, 3.63) is 36.5 Å². The molecule has 2 aliphatic heterocycles.